The van der Waals surface area contributed by atoms with Crippen molar-refractivity contribution in [1.82, 2.24) is 9.88 Å². The first-order chi connectivity index (χ1) is 12.0. The molecule has 0 radical (unpaired) electrons. The van der Waals surface area contributed by atoms with Gasteiger partial charge in [0.05, 0.1) is 19.4 Å². The zero-order valence-electron chi connectivity index (χ0n) is 14.6. The molecule has 1 amide bonds. The van der Waals surface area contributed by atoms with E-state index in [1.54, 1.807) is 40.1 Å². The Bertz CT molecular complexity index is 894. The van der Waals surface area contributed by atoms with Gasteiger partial charge in [-0.1, -0.05) is 29.0 Å². The van der Waals surface area contributed by atoms with Crippen LogP contribution in [0.5, 0.6) is 0 Å². The number of nitrogens with zero attached hydrogens (tertiary/aromatic N) is 3. The van der Waals surface area contributed by atoms with Gasteiger partial charge >= 0.3 is 0 Å². The molecule has 0 saturated carbocycles. The smallest absolute Gasteiger partial charge is 0.270 e. The Hall–Kier alpha value is -0.830. The predicted molar refractivity (Wildman–Crippen MR) is 118 cm³/mol. The van der Waals surface area contributed by atoms with E-state index in [2.05, 4.69) is 11.0 Å². The van der Waals surface area contributed by atoms with Crippen molar-refractivity contribution in [3.63, 3.8) is 0 Å². The van der Waals surface area contributed by atoms with Crippen molar-refractivity contribution in [2.24, 2.45) is 0 Å². The van der Waals surface area contributed by atoms with Gasteiger partial charge in [-0.15, -0.1) is 35.5 Å². The van der Waals surface area contributed by atoms with Gasteiger partial charge in [0.15, 0.2) is 5.13 Å². The maximum Gasteiger partial charge on any atom is 0.270 e. The highest BCUT2D eigenvalue weighted by atomic mass is 35.5. The summed E-state index contributed by atoms with van der Waals surface area (Å²) in [5, 5.41) is 0.730. The molecular formula is C17H19Cl2N3OS3. The van der Waals surface area contributed by atoms with E-state index < -0.39 is 0 Å². The summed E-state index contributed by atoms with van der Waals surface area (Å²) in [5.41, 5.74) is 0.960. The Morgan fingerprint density at radius 2 is 1.96 bits per heavy atom. The van der Waals surface area contributed by atoms with E-state index in [0.717, 1.165) is 26.8 Å². The lowest BCUT2D eigenvalue weighted by Gasteiger charge is -2.21. The highest BCUT2D eigenvalue weighted by Gasteiger charge is 2.23. The van der Waals surface area contributed by atoms with E-state index >= 15 is 0 Å². The number of fused-ring (bicyclic) bond motifs is 1. The molecule has 0 bridgehead atoms. The Kier molecular flexibility index (Phi) is 7.76. The predicted octanol–water partition coefficient (Wildman–Crippen LogP) is 5.36. The minimum Gasteiger partial charge on any atom is -0.308 e. The number of rotatable bonds is 6. The Labute approximate surface area is 176 Å². The van der Waals surface area contributed by atoms with Crippen LogP contribution in [-0.4, -0.2) is 49.2 Å². The maximum atomic E-state index is 13.0. The van der Waals surface area contributed by atoms with Crippen LogP contribution in [0.3, 0.4) is 0 Å². The third-order valence-corrected chi connectivity index (χ3v) is 6.65. The number of thioether (sulfide) groups is 1. The average molecular weight is 448 g/mol. The van der Waals surface area contributed by atoms with Gasteiger partial charge in [-0.25, -0.2) is 4.98 Å². The van der Waals surface area contributed by atoms with Crippen molar-refractivity contribution in [2.45, 2.75) is 4.90 Å². The van der Waals surface area contributed by atoms with Gasteiger partial charge in [-0.3, -0.25) is 9.69 Å². The molecule has 2 heterocycles. The molecule has 0 saturated heterocycles. The number of aromatic nitrogens is 1. The molecule has 1 aromatic carbocycles. The topological polar surface area (TPSA) is 36.4 Å². The largest absolute Gasteiger partial charge is 0.308 e. The lowest BCUT2D eigenvalue weighted by atomic mass is 10.3. The number of benzene rings is 1. The van der Waals surface area contributed by atoms with Crippen LogP contribution >= 0.6 is 58.4 Å². The van der Waals surface area contributed by atoms with Crippen LogP contribution in [-0.2, 0) is 0 Å². The molecule has 0 aliphatic carbocycles. The van der Waals surface area contributed by atoms with Gasteiger partial charge in [0.25, 0.3) is 5.91 Å². The number of hydrogen-bond donors (Lipinski definition) is 0. The summed E-state index contributed by atoms with van der Waals surface area (Å²) in [6.45, 7) is 1.34. The number of hydrogen-bond acceptors (Lipinski definition) is 6. The fourth-order valence-electron chi connectivity index (χ4n) is 2.34. The van der Waals surface area contributed by atoms with Crippen LogP contribution in [0.1, 0.15) is 9.67 Å². The fourth-order valence-corrected chi connectivity index (χ4v) is 4.98. The van der Waals surface area contributed by atoms with E-state index in [1.165, 1.54) is 11.3 Å². The Balaban J connectivity index is 0.00000243. The van der Waals surface area contributed by atoms with Crippen molar-refractivity contribution >= 4 is 79.7 Å². The molecule has 3 rings (SSSR count). The summed E-state index contributed by atoms with van der Waals surface area (Å²) in [4.78, 5) is 23.4. The second-order valence-corrected chi connectivity index (χ2v) is 9.24. The molecule has 2 aromatic heterocycles. The fraction of sp³-hybridized carbons (Fsp3) is 0.294. The summed E-state index contributed by atoms with van der Waals surface area (Å²) < 4.78 is 1.71. The summed E-state index contributed by atoms with van der Waals surface area (Å²) >= 11 is 10.5. The number of anilines is 1. The van der Waals surface area contributed by atoms with Crippen molar-refractivity contribution in [1.29, 1.82) is 0 Å². The van der Waals surface area contributed by atoms with Gasteiger partial charge < -0.3 is 4.90 Å². The molecule has 9 heteroatoms. The summed E-state index contributed by atoms with van der Waals surface area (Å²) in [7, 11) is 3.99. The standard InChI is InChI=1S/C17H18ClN3OS3.ClH/c1-20(2)9-10-21(16(22)13-7-8-14(18)24-13)17-19-15-11(23-3)5-4-6-12(15)25-17;/h4-8H,9-10H2,1-3H3;1H. The Morgan fingerprint density at radius 1 is 1.19 bits per heavy atom. The van der Waals surface area contributed by atoms with Crippen molar-refractivity contribution in [3.8, 4) is 0 Å². The normalized spacial score (nSPS) is 11.0. The highest BCUT2D eigenvalue weighted by molar-refractivity contribution is 7.98. The molecule has 0 N–H and O–H groups in total. The highest BCUT2D eigenvalue weighted by Crippen LogP contribution is 2.35. The monoisotopic (exact) mass is 447 g/mol. The molecule has 0 atom stereocenters. The van der Waals surface area contributed by atoms with Crippen molar-refractivity contribution in [2.75, 3.05) is 38.3 Å². The third-order valence-electron chi connectivity index (χ3n) is 3.62. The molecular weight excluding hydrogens is 429 g/mol. The first kappa shape index (κ1) is 21.5. The first-order valence-electron chi connectivity index (χ1n) is 7.65. The summed E-state index contributed by atoms with van der Waals surface area (Å²) in [6, 6.07) is 9.67. The number of likely N-dealkylation sites (N-methyl/N-ethyl adjacent to an activating group) is 1. The van der Waals surface area contributed by atoms with Gasteiger partial charge in [0.1, 0.15) is 0 Å². The number of para-hydroxylation sites is 1. The van der Waals surface area contributed by atoms with Crippen LogP contribution in [0.4, 0.5) is 5.13 Å². The summed E-state index contributed by atoms with van der Waals surface area (Å²) in [5.74, 6) is -0.0523. The Morgan fingerprint density at radius 3 is 2.58 bits per heavy atom. The number of thiophene rings is 1. The maximum absolute atomic E-state index is 13.0. The van der Waals surface area contributed by atoms with Crippen molar-refractivity contribution < 1.29 is 4.79 Å². The average Bonchev–Trinajstić information content (AvgIpc) is 3.20. The quantitative estimate of drug-likeness (QED) is 0.476. The lowest BCUT2D eigenvalue weighted by Crippen LogP contribution is -2.36. The van der Waals surface area contributed by atoms with E-state index in [9.17, 15) is 4.79 Å². The minimum absolute atomic E-state index is 0. The molecule has 0 fully saturated rings. The molecule has 0 aliphatic rings. The second kappa shape index (κ2) is 9.39. The number of halogens is 2. The van der Waals surface area contributed by atoms with Gasteiger partial charge in [-0.05, 0) is 44.6 Å². The molecule has 4 nitrogen and oxygen atoms in total. The van der Waals surface area contributed by atoms with E-state index in [0.29, 0.717) is 15.8 Å². The lowest BCUT2D eigenvalue weighted by molar-refractivity contribution is 0.0989. The molecule has 0 unspecified atom stereocenters. The minimum atomic E-state index is -0.0523. The number of carbonyl (C=O) groups is 1. The molecule has 3 aromatic rings. The van der Waals surface area contributed by atoms with Crippen molar-refractivity contribution in [3.05, 3.63) is 39.5 Å². The zero-order chi connectivity index (χ0) is 18.0. The number of amides is 1. The van der Waals surface area contributed by atoms with E-state index in [4.69, 9.17) is 16.6 Å². The SMILES string of the molecule is CSc1cccc2sc(N(CCN(C)C)C(=O)c3ccc(Cl)s3)nc12.Cl. The first-order valence-corrected chi connectivity index (χ1v) is 10.9. The number of carbonyl (C=O) groups excluding carboxylic acids is 1. The van der Waals surface area contributed by atoms with Crippen LogP contribution in [0, 0.1) is 0 Å². The van der Waals surface area contributed by atoms with Gasteiger partial charge in [-0.2, -0.15) is 0 Å². The second-order valence-electron chi connectivity index (χ2n) is 5.67. The molecule has 0 aliphatic heterocycles. The van der Waals surface area contributed by atoms with E-state index in [-0.39, 0.29) is 18.3 Å². The molecule has 0 spiro atoms. The number of thiazole rings is 1. The van der Waals surface area contributed by atoms with Gasteiger partial charge in [0.2, 0.25) is 0 Å². The van der Waals surface area contributed by atoms with Crippen LogP contribution in [0.15, 0.2) is 35.2 Å². The molecule has 26 heavy (non-hydrogen) atoms. The van der Waals surface area contributed by atoms with Crippen LogP contribution in [0.25, 0.3) is 10.2 Å². The van der Waals surface area contributed by atoms with Crippen LogP contribution < -0.4 is 4.90 Å². The summed E-state index contributed by atoms with van der Waals surface area (Å²) in [6.07, 6.45) is 2.04. The van der Waals surface area contributed by atoms with Gasteiger partial charge in [0, 0.05) is 18.0 Å². The third kappa shape index (κ3) is 4.71. The van der Waals surface area contributed by atoms with E-state index in [1.807, 2.05) is 32.5 Å². The van der Waals surface area contributed by atoms with Crippen LogP contribution in [0.2, 0.25) is 4.34 Å². The molecule has 140 valence electrons. The zero-order valence-corrected chi connectivity index (χ0v) is 18.6.